The van der Waals surface area contributed by atoms with Crippen molar-refractivity contribution in [2.24, 2.45) is 5.73 Å². The molecule has 0 aliphatic rings. The van der Waals surface area contributed by atoms with Gasteiger partial charge in [0.25, 0.3) is 0 Å². The Morgan fingerprint density at radius 1 is 1.30 bits per heavy atom. The van der Waals surface area contributed by atoms with Crippen LogP contribution in [-0.4, -0.2) is 29.4 Å². The van der Waals surface area contributed by atoms with Crippen LogP contribution in [0.25, 0.3) is 11.1 Å². The molecule has 0 fully saturated rings. The smallest absolute Gasteiger partial charge is 0.337 e. The lowest BCUT2D eigenvalue weighted by Gasteiger charge is -2.01. The van der Waals surface area contributed by atoms with Gasteiger partial charge in [0, 0.05) is 18.3 Å². The van der Waals surface area contributed by atoms with Gasteiger partial charge in [-0.1, -0.05) is 12.1 Å². The van der Waals surface area contributed by atoms with Crippen LogP contribution in [0.2, 0.25) is 0 Å². The molecule has 0 radical (unpaired) electrons. The molecule has 0 bridgehead atoms. The lowest BCUT2D eigenvalue weighted by atomic mass is 10.1. The molecular formula is C14H18ClN3O2. The quantitative estimate of drug-likeness (QED) is 0.858. The second-order valence-electron chi connectivity index (χ2n) is 4.20. The highest BCUT2D eigenvalue weighted by Gasteiger charge is 2.06. The average molecular weight is 296 g/mol. The highest BCUT2D eigenvalue weighted by Crippen LogP contribution is 2.19. The number of carbonyl (C=O) groups excluding carboxylic acids is 1. The van der Waals surface area contributed by atoms with Gasteiger partial charge in [-0.25, -0.2) is 4.79 Å². The zero-order valence-corrected chi connectivity index (χ0v) is 12.1. The van der Waals surface area contributed by atoms with Crippen molar-refractivity contribution in [3.63, 3.8) is 0 Å². The maximum absolute atomic E-state index is 11.3. The Labute approximate surface area is 124 Å². The largest absolute Gasteiger partial charge is 0.465 e. The molecule has 0 aliphatic carbocycles. The molecule has 0 atom stereocenters. The van der Waals surface area contributed by atoms with E-state index in [0.29, 0.717) is 12.1 Å². The minimum absolute atomic E-state index is 0. The van der Waals surface area contributed by atoms with E-state index in [1.165, 1.54) is 7.11 Å². The van der Waals surface area contributed by atoms with E-state index in [1.807, 2.05) is 29.2 Å². The Balaban J connectivity index is 0.00000200. The van der Waals surface area contributed by atoms with E-state index in [2.05, 4.69) is 9.84 Å². The number of ether oxygens (including phenoxy) is 1. The number of aryl methyl sites for hydroxylation is 1. The number of aromatic nitrogens is 2. The number of esters is 1. The monoisotopic (exact) mass is 295 g/mol. The normalized spacial score (nSPS) is 9.90. The summed E-state index contributed by atoms with van der Waals surface area (Å²) < 4.78 is 6.53. The number of nitrogens with two attached hydrogens (primary N) is 1. The Bertz CT molecular complexity index is 552. The lowest BCUT2D eigenvalue weighted by Crippen LogP contribution is -2.05. The molecule has 108 valence electrons. The Kier molecular flexibility index (Phi) is 6.21. The fourth-order valence-electron chi connectivity index (χ4n) is 1.80. The molecule has 0 spiro atoms. The van der Waals surface area contributed by atoms with E-state index < -0.39 is 0 Å². The molecule has 0 saturated carbocycles. The molecule has 20 heavy (non-hydrogen) atoms. The first-order valence-electron chi connectivity index (χ1n) is 6.16. The first-order chi connectivity index (χ1) is 9.24. The number of rotatable bonds is 5. The van der Waals surface area contributed by atoms with Crippen LogP contribution < -0.4 is 5.73 Å². The first-order valence-corrected chi connectivity index (χ1v) is 6.16. The third kappa shape index (κ3) is 3.82. The zero-order valence-electron chi connectivity index (χ0n) is 11.3. The highest BCUT2D eigenvalue weighted by atomic mass is 35.5. The van der Waals surface area contributed by atoms with Crippen molar-refractivity contribution in [3.8, 4) is 11.1 Å². The number of hydrogen-bond acceptors (Lipinski definition) is 4. The number of benzene rings is 1. The number of halogens is 1. The van der Waals surface area contributed by atoms with E-state index in [4.69, 9.17) is 5.73 Å². The Hall–Kier alpha value is -1.85. The fraction of sp³-hybridized carbons (Fsp3) is 0.286. The minimum atomic E-state index is -0.329. The average Bonchev–Trinajstić information content (AvgIpc) is 2.93. The van der Waals surface area contributed by atoms with Crippen molar-refractivity contribution in [3.05, 3.63) is 42.2 Å². The van der Waals surface area contributed by atoms with Crippen molar-refractivity contribution >= 4 is 18.4 Å². The third-order valence-electron chi connectivity index (χ3n) is 2.86. The van der Waals surface area contributed by atoms with E-state index in [9.17, 15) is 4.79 Å². The van der Waals surface area contributed by atoms with Crippen LogP contribution in [0.4, 0.5) is 0 Å². The molecule has 0 saturated heterocycles. The summed E-state index contributed by atoms with van der Waals surface area (Å²) in [6, 6.07) is 7.27. The van der Waals surface area contributed by atoms with Gasteiger partial charge >= 0.3 is 5.97 Å². The molecule has 0 unspecified atom stereocenters. The van der Waals surface area contributed by atoms with Gasteiger partial charge in [-0.05, 0) is 30.7 Å². The molecule has 2 N–H and O–H groups in total. The van der Waals surface area contributed by atoms with Gasteiger partial charge in [0.05, 0.1) is 18.9 Å². The summed E-state index contributed by atoms with van der Waals surface area (Å²) in [5.41, 5.74) is 8.05. The van der Waals surface area contributed by atoms with Gasteiger partial charge in [-0.3, -0.25) is 4.68 Å². The van der Waals surface area contributed by atoms with Gasteiger partial charge in [0.2, 0.25) is 0 Å². The SMILES string of the molecule is COC(=O)c1ccc(-c2cnn(CCCN)c2)cc1.Cl. The Morgan fingerprint density at radius 3 is 2.60 bits per heavy atom. The molecule has 1 aromatic carbocycles. The van der Waals surface area contributed by atoms with E-state index in [0.717, 1.165) is 24.1 Å². The number of hydrogen-bond donors (Lipinski definition) is 1. The van der Waals surface area contributed by atoms with Crippen molar-refractivity contribution in [1.82, 2.24) is 9.78 Å². The van der Waals surface area contributed by atoms with Crippen LogP contribution in [0, 0.1) is 0 Å². The van der Waals surface area contributed by atoms with E-state index in [1.54, 1.807) is 12.1 Å². The summed E-state index contributed by atoms with van der Waals surface area (Å²) in [4.78, 5) is 11.3. The molecule has 0 amide bonds. The van der Waals surface area contributed by atoms with Gasteiger partial charge in [0.15, 0.2) is 0 Å². The van der Waals surface area contributed by atoms with Crippen LogP contribution in [0.5, 0.6) is 0 Å². The number of nitrogens with zero attached hydrogens (tertiary/aromatic N) is 2. The zero-order chi connectivity index (χ0) is 13.7. The lowest BCUT2D eigenvalue weighted by molar-refractivity contribution is 0.0601. The molecule has 1 heterocycles. The highest BCUT2D eigenvalue weighted by molar-refractivity contribution is 5.89. The van der Waals surface area contributed by atoms with Crippen molar-refractivity contribution < 1.29 is 9.53 Å². The predicted octanol–water partition coefficient (Wildman–Crippen LogP) is 2.11. The maximum atomic E-state index is 11.3. The fourth-order valence-corrected chi connectivity index (χ4v) is 1.80. The minimum Gasteiger partial charge on any atom is -0.465 e. The van der Waals surface area contributed by atoms with E-state index in [-0.39, 0.29) is 18.4 Å². The number of carbonyl (C=O) groups is 1. The van der Waals surface area contributed by atoms with Crippen molar-refractivity contribution in [2.45, 2.75) is 13.0 Å². The van der Waals surface area contributed by atoms with E-state index >= 15 is 0 Å². The molecule has 6 heteroatoms. The standard InChI is InChI=1S/C14H17N3O2.ClH/c1-19-14(18)12-5-3-11(4-6-12)13-9-16-17(10-13)8-2-7-15;/h3-6,9-10H,2,7-8,15H2,1H3;1H. The first kappa shape index (κ1) is 16.2. The van der Waals surface area contributed by atoms with Crippen LogP contribution in [0.1, 0.15) is 16.8 Å². The van der Waals surface area contributed by atoms with Crippen LogP contribution in [-0.2, 0) is 11.3 Å². The summed E-state index contributed by atoms with van der Waals surface area (Å²) in [6.07, 6.45) is 4.69. The Morgan fingerprint density at radius 2 is 2.00 bits per heavy atom. The van der Waals surface area contributed by atoms with Gasteiger partial charge in [-0.15, -0.1) is 12.4 Å². The van der Waals surface area contributed by atoms with Gasteiger partial charge in [0.1, 0.15) is 0 Å². The summed E-state index contributed by atoms with van der Waals surface area (Å²) in [5.74, 6) is -0.329. The summed E-state index contributed by atoms with van der Waals surface area (Å²) in [7, 11) is 1.37. The molecule has 2 rings (SSSR count). The maximum Gasteiger partial charge on any atom is 0.337 e. The van der Waals surface area contributed by atoms with Gasteiger partial charge < -0.3 is 10.5 Å². The summed E-state index contributed by atoms with van der Waals surface area (Å²) >= 11 is 0. The topological polar surface area (TPSA) is 70.1 Å². The van der Waals surface area contributed by atoms with Crippen LogP contribution in [0.15, 0.2) is 36.7 Å². The molecule has 0 aliphatic heterocycles. The molecule has 2 aromatic rings. The summed E-state index contributed by atoms with van der Waals surface area (Å²) in [6.45, 7) is 1.47. The van der Waals surface area contributed by atoms with Crippen LogP contribution in [0.3, 0.4) is 0 Å². The third-order valence-corrected chi connectivity index (χ3v) is 2.86. The summed E-state index contributed by atoms with van der Waals surface area (Å²) in [5, 5.41) is 4.27. The molecule has 1 aromatic heterocycles. The van der Waals surface area contributed by atoms with Crippen molar-refractivity contribution in [2.75, 3.05) is 13.7 Å². The van der Waals surface area contributed by atoms with Crippen LogP contribution >= 0.6 is 12.4 Å². The molecule has 5 nitrogen and oxygen atoms in total. The molecular weight excluding hydrogens is 278 g/mol. The number of methoxy groups -OCH3 is 1. The van der Waals surface area contributed by atoms with Crippen molar-refractivity contribution in [1.29, 1.82) is 0 Å². The second-order valence-corrected chi connectivity index (χ2v) is 4.20. The predicted molar refractivity (Wildman–Crippen MR) is 79.9 cm³/mol. The van der Waals surface area contributed by atoms with Gasteiger partial charge in [-0.2, -0.15) is 5.10 Å². The second kappa shape index (κ2) is 7.67.